The van der Waals surface area contributed by atoms with Crippen molar-refractivity contribution < 1.29 is 9.59 Å². The molecular weight excluding hydrogens is 350 g/mol. The van der Waals surface area contributed by atoms with Crippen molar-refractivity contribution in [3.05, 3.63) is 71.2 Å². The van der Waals surface area contributed by atoms with Crippen LogP contribution in [0.5, 0.6) is 0 Å². The number of imide groups is 1. The molecule has 1 aliphatic heterocycles. The first-order chi connectivity index (χ1) is 13.5. The zero-order valence-corrected chi connectivity index (χ0v) is 16.8. The topological polar surface area (TPSA) is 54.3 Å². The van der Waals surface area contributed by atoms with Crippen molar-refractivity contribution >= 4 is 18.0 Å². The Morgan fingerprint density at radius 2 is 1.86 bits per heavy atom. The number of nitrogens with one attached hydrogen (secondary N) is 1. The molecule has 2 heterocycles. The third kappa shape index (κ3) is 3.79. The van der Waals surface area contributed by atoms with E-state index in [1.165, 1.54) is 24.5 Å². The van der Waals surface area contributed by atoms with Crippen LogP contribution in [0.3, 0.4) is 0 Å². The van der Waals surface area contributed by atoms with Gasteiger partial charge < -0.3 is 9.88 Å². The molecule has 0 saturated carbocycles. The van der Waals surface area contributed by atoms with Gasteiger partial charge in [0.2, 0.25) is 0 Å². The number of aryl methyl sites for hydroxylation is 2. The molecule has 146 valence electrons. The van der Waals surface area contributed by atoms with Gasteiger partial charge in [-0.1, -0.05) is 31.6 Å². The fourth-order valence-corrected chi connectivity index (χ4v) is 3.55. The van der Waals surface area contributed by atoms with Crippen molar-refractivity contribution in [3.63, 3.8) is 0 Å². The summed E-state index contributed by atoms with van der Waals surface area (Å²) >= 11 is 0. The number of benzene rings is 1. The molecule has 2 aromatic rings. The van der Waals surface area contributed by atoms with E-state index < -0.39 is 6.03 Å². The molecule has 1 aliphatic rings. The molecule has 5 nitrogen and oxygen atoms in total. The van der Waals surface area contributed by atoms with E-state index in [2.05, 4.69) is 47.7 Å². The second-order valence-electron chi connectivity index (χ2n) is 7.12. The predicted octanol–water partition coefficient (Wildman–Crippen LogP) is 4.52. The highest BCUT2D eigenvalue weighted by molar-refractivity contribution is 6.14. The van der Waals surface area contributed by atoms with Gasteiger partial charge in [-0.15, -0.1) is 6.58 Å². The van der Waals surface area contributed by atoms with Crippen molar-refractivity contribution in [3.8, 4) is 5.69 Å². The quantitative estimate of drug-likeness (QED) is 0.438. The summed E-state index contributed by atoms with van der Waals surface area (Å²) in [6.45, 7) is 10.1. The maximum atomic E-state index is 12.4. The molecule has 28 heavy (non-hydrogen) atoms. The van der Waals surface area contributed by atoms with Crippen LogP contribution in [0, 0.1) is 13.8 Å². The lowest BCUT2D eigenvalue weighted by atomic mass is 10.1. The Kier molecular flexibility index (Phi) is 5.83. The monoisotopic (exact) mass is 377 g/mol. The van der Waals surface area contributed by atoms with Crippen LogP contribution in [-0.4, -0.2) is 28.0 Å². The number of carbonyl (C=O) groups excluding carboxylic acids is 2. The standard InChI is InChI=1S/C23H27N3O2/c1-5-7-8-18-9-11-20(12-10-18)26-16(3)14-19(17(26)4)15-21-22(27)25(13-6-2)23(28)24-21/h6,9-12,14-15H,2,5,7-8,13H2,1,3-4H3,(H,24,28)/b21-15+. The second kappa shape index (κ2) is 8.30. The van der Waals surface area contributed by atoms with E-state index in [9.17, 15) is 9.59 Å². The first kappa shape index (κ1) is 19.7. The van der Waals surface area contributed by atoms with E-state index in [1.807, 2.05) is 19.9 Å². The SMILES string of the molecule is C=CCN1C(=O)N/C(=C/c2cc(C)n(-c3ccc(CCCC)cc3)c2C)C1=O. The number of aromatic nitrogens is 1. The van der Waals surface area contributed by atoms with Crippen LogP contribution in [0.2, 0.25) is 0 Å². The van der Waals surface area contributed by atoms with Crippen molar-refractivity contribution in [2.24, 2.45) is 0 Å². The Morgan fingerprint density at radius 1 is 1.14 bits per heavy atom. The molecule has 0 spiro atoms. The maximum absolute atomic E-state index is 12.4. The van der Waals surface area contributed by atoms with Gasteiger partial charge in [0.1, 0.15) is 5.70 Å². The fourth-order valence-electron chi connectivity index (χ4n) is 3.55. The number of urea groups is 1. The Balaban J connectivity index is 1.89. The first-order valence-corrected chi connectivity index (χ1v) is 9.70. The highest BCUT2D eigenvalue weighted by Gasteiger charge is 2.32. The third-order valence-electron chi connectivity index (χ3n) is 5.06. The largest absolute Gasteiger partial charge is 0.329 e. The van der Waals surface area contributed by atoms with Crippen LogP contribution < -0.4 is 5.32 Å². The average molecular weight is 377 g/mol. The summed E-state index contributed by atoms with van der Waals surface area (Å²) in [4.78, 5) is 25.5. The molecule has 3 rings (SSSR count). The van der Waals surface area contributed by atoms with Crippen LogP contribution in [0.25, 0.3) is 11.8 Å². The summed E-state index contributed by atoms with van der Waals surface area (Å²) in [7, 11) is 0. The number of nitrogens with zero attached hydrogens (tertiary/aromatic N) is 2. The number of unbranched alkanes of at least 4 members (excludes halogenated alkanes) is 1. The minimum atomic E-state index is -0.410. The lowest BCUT2D eigenvalue weighted by Gasteiger charge is -2.11. The van der Waals surface area contributed by atoms with Gasteiger partial charge in [-0.2, -0.15) is 0 Å². The Hall–Kier alpha value is -3.08. The smallest absolute Gasteiger partial charge is 0.318 e. The second-order valence-corrected chi connectivity index (χ2v) is 7.12. The fraction of sp³-hybridized carbons (Fsp3) is 0.304. The summed E-state index contributed by atoms with van der Waals surface area (Å²) in [6.07, 6.45) is 6.77. The van der Waals surface area contributed by atoms with Crippen molar-refractivity contribution in [1.82, 2.24) is 14.8 Å². The zero-order chi connectivity index (χ0) is 20.3. The van der Waals surface area contributed by atoms with Gasteiger partial charge in [-0.05, 0) is 62.1 Å². The van der Waals surface area contributed by atoms with Gasteiger partial charge >= 0.3 is 6.03 Å². The maximum Gasteiger partial charge on any atom is 0.329 e. The average Bonchev–Trinajstić information content (AvgIpc) is 3.11. The predicted molar refractivity (Wildman–Crippen MR) is 112 cm³/mol. The molecule has 3 amide bonds. The van der Waals surface area contributed by atoms with Crippen molar-refractivity contribution in [1.29, 1.82) is 0 Å². The molecule has 0 aliphatic carbocycles. The summed E-state index contributed by atoms with van der Waals surface area (Å²) in [5, 5.41) is 2.65. The molecule has 0 unspecified atom stereocenters. The van der Waals surface area contributed by atoms with Crippen LogP contribution in [-0.2, 0) is 11.2 Å². The minimum absolute atomic E-state index is 0.200. The molecule has 1 N–H and O–H groups in total. The van der Waals surface area contributed by atoms with Crippen LogP contribution >= 0.6 is 0 Å². The lowest BCUT2D eigenvalue weighted by molar-refractivity contribution is -0.122. The number of carbonyl (C=O) groups is 2. The molecule has 0 radical (unpaired) electrons. The molecule has 0 atom stereocenters. The number of amides is 3. The summed E-state index contributed by atoms with van der Waals surface area (Å²) < 4.78 is 2.17. The molecule has 5 heteroatoms. The first-order valence-electron chi connectivity index (χ1n) is 9.70. The van der Waals surface area contributed by atoms with E-state index in [4.69, 9.17) is 0 Å². The summed E-state index contributed by atoms with van der Waals surface area (Å²) in [5.74, 6) is -0.324. The van der Waals surface area contributed by atoms with Crippen molar-refractivity contribution in [2.75, 3.05) is 6.54 Å². The number of hydrogen-bond acceptors (Lipinski definition) is 2. The van der Waals surface area contributed by atoms with E-state index in [0.717, 1.165) is 34.0 Å². The van der Waals surface area contributed by atoms with E-state index >= 15 is 0 Å². The number of rotatable bonds is 7. The Labute approximate surface area is 166 Å². The van der Waals surface area contributed by atoms with Crippen LogP contribution in [0.1, 0.15) is 42.3 Å². The highest BCUT2D eigenvalue weighted by Crippen LogP contribution is 2.24. The molecule has 0 bridgehead atoms. The Bertz CT molecular complexity index is 936. The van der Waals surface area contributed by atoms with Crippen LogP contribution in [0.15, 0.2) is 48.7 Å². The van der Waals surface area contributed by atoms with Crippen LogP contribution in [0.4, 0.5) is 4.79 Å². The minimum Gasteiger partial charge on any atom is -0.318 e. The lowest BCUT2D eigenvalue weighted by Crippen LogP contribution is -2.30. The van der Waals surface area contributed by atoms with Gasteiger partial charge in [-0.3, -0.25) is 9.69 Å². The van der Waals surface area contributed by atoms with Gasteiger partial charge in [0.15, 0.2) is 0 Å². The van der Waals surface area contributed by atoms with Gasteiger partial charge in [0, 0.05) is 23.6 Å². The van der Waals surface area contributed by atoms with E-state index in [0.29, 0.717) is 5.70 Å². The summed E-state index contributed by atoms with van der Waals surface area (Å²) in [6, 6.07) is 10.2. The highest BCUT2D eigenvalue weighted by atomic mass is 16.2. The molecular formula is C23H27N3O2. The van der Waals surface area contributed by atoms with E-state index in [1.54, 1.807) is 6.08 Å². The summed E-state index contributed by atoms with van der Waals surface area (Å²) in [5.41, 5.74) is 5.74. The number of hydrogen-bond donors (Lipinski definition) is 1. The Morgan fingerprint density at radius 3 is 2.50 bits per heavy atom. The molecule has 1 fully saturated rings. The normalized spacial score (nSPS) is 15.4. The van der Waals surface area contributed by atoms with Gasteiger partial charge in [0.05, 0.1) is 0 Å². The van der Waals surface area contributed by atoms with Gasteiger partial charge in [-0.25, -0.2) is 4.79 Å². The zero-order valence-electron chi connectivity index (χ0n) is 16.8. The molecule has 1 aromatic heterocycles. The van der Waals surface area contributed by atoms with Gasteiger partial charge in [0.25, 0.3) is 5.91 Å². The molecule has 1 saturated heterocycles. The van der Waals surface area contributed by atoms with Crippen molar-refractivity contribution in [2.45, 2.75) is 40.0 Å². The molecule has 1 aromatic carbocycles. The third-order valence-corrected chi connectivity index (χ3v) is 5.06. The van der Waals surface area contributed by atoms with E-state index in [-0.39, 0.29) is 12.5 Å².